The Morgan fingerprint density at radius 1 is 1.08 bits per heavy atom. The molecule has 0 saturated carbocycles. The Kier molecular flexibility index (Phi) is 3.88. The Morgan fingerprint density at radius 3 is 2.33 bits per heavy atom. The molecule has 4 nitrogen and oxygen atoms in total. The largest absolute Gasteiger partial charge is 0.365 e. The molecule has 1 N–H and O–H groups in total. The second-order valence-corrected chi connectivity index (χ2v) is 7.03. The number of rotatable bonds is 3. The quantitative estimate of drug-likeness (QED) is 0.694. The fraction of sp³-hybridized carbons (Fsp3) is 0.350. The number of likely N-dealkylation sites (N-methyl/N-ethyl adjacent to an activating group) is 1. The lowest BCUT2D eigenvalue weighted by Crippen LogP contribution is -2.56. The van der Waals surface area contributed by atoms with E-state index >= 15 is 0 Å². The first kappa shape index (κ1) is 16.5. The Morgan fingerprint density at radius 2 is 1.71 bits per heavy atom. The molecule has 0 radical (unpaired) electrons. The zero-order valence-corrected chi connectivity index (χ0v) is 15.0. The predicted molar refractivity (Wildman–Crippen MR) is 101 cm³/mol. The number of benzene rings is 2. The smallest absolute Gasteiger partial charge is 0.185 e. The average molecular weight is 323 g/mol. The van der Waals surface area contributed by atoms with Gasteiger partial charge in [0.25, 0.3) is 0 Å². The Labute approximate surface area is 144 Å². The Balaban J connectivity index is 1.92. The summed E-state index contributed by atoms with van der Waals surface area (Å²) in [5.41, 5.74) is 2.71. The van der Waals surface area contributed by atoms with Gasteiger partial charge >= 0.3 is 0 Å². The summed E-state index contributed by atoms with van der Waals surface area (Å²) < 4.78 is 0. The number of hydrogen-bond donors (Lipinski definition) is 1. The molecule has 0 saturated heterocycles. The van der Waals surface area contributed by atoms with Gasteiger partial charge in [-0.3, -0.25) is 5.01 Å². The molecule has 1 heterocycles. The van der Waals surface area contributed by atoms with Gasteiger partial charge in [-0.2, -0.15) is 5.10 Å². The first-order valence-electron chi connectivity index (χ1n) is 8.18. The van der Waals surface area contributed by atoms with Crippen LogP contribution in [0.5, 0.6) is 0 Å². The van der Waals surface area contributed by atoms with Crippen LogP contribution in [0.15, 0.2) is 53.6 Å². The maximum atomic E-state index is 11.4. The number of nitrogens with zero attached hydrogens (tertiary/aromatic N) is 3. The summed E-state index contributed by atoms with van der Waals surface area (Å²) in [4.78, 5) is 1.90. The van der Waals surface area contributed by atoms with Gasteiger partial charge in [0.1, 0.15) is 0 Å². The molecule has 0 bridgehead atoms. The van der Waals surface area contributed by atoms with E-state index in [4.69, 9.17) is 0 Å². The van der Waals surface area contributed by atoms with E-state index in [1.54, 1.807) is 11.2 Å². The SMILES string of the molecule is Cc1ccc(N(C)/N=C/C2(O)N(C)c3ccccc3C2(C)C)cc1. The van der Waals surface area contributed by atoms with Crippen molar-refractivity contribution in [2.45, 2.75) is 31.9 Å². The van der Waals surface area contributed by atoms with Crippen molar-refractivity contribution in [3.63, 3.8) is 0 Å². The topological polar surface area (TPSA) is 39.1 Å². The van der Waals surface area contributed by atoms with Crippen LogP contribution in [0, 0.1) is 6.92 Å². The molecule has 2 aromatic rings. The van der Waals surface area contributed by atoms with Crippen molar-refractivity contribution in [1.29, 1.82) is 0 Å². The van der Waals surface area contributed by atoms with E-state index < -0.39 is 11.1 Å². The second-order valence-electron chi connectivity index (χ2n) is 7.03. The van der Waals surface area contributed by atoms with Crippen LogP contribution in [0.2, 0.25) is 0 Å². The van der Waals surface area contributed by atoms with Gasteiger partial charge in [-0.05, 0) is 30.7 Å². The minimum atomic E-state index is -1.18. The molecule has 1 unspecified atom stereocenters. The summed E-state index contributed by atoms with van der Waals surface area (Å²) in [6, 6.07) is 16.3. The third kappa shape index (κ3) is 2.38. The van der Waals surface area contributed by atoms with E-state index in [1.165, 1.54) is 5.56 Å². The number of aryl methyl sites for hydroxylation is 1. The van der Waals surface area contributed by atoms with Crippen LogP contribution in [0.1, 0.15) is 25.0 Å². The van der Waals surface area contributed by atoms with Crippen LogP contribution in [-0.2, 0) is 5.41 Å². The lowest BCUT2D eigenvalue weighted by atomic mass is 9.78. The lowest BCUT2D eigenvalue weighted by Gasteiger charge is -2.38. The zero-order valence-electron chi connectivity index (χ0n) is 15.0. The molecule has 126 valence electrons. The van der Waals surface area contributed by atoms with Gasteiger partial charge in [-0.1, -0.05) is 49.7 Å². The first-order valence-corrected chi connectivity index (χ1v) is 8.18. The van der Waals surface area contributed by atoms with Gasteiger partial charge in [-0.15, -0.1) is 0 Å². The summed E-state index contributed by atoms with van der Waals surface area (Å²) in [5, 5.41) is 17.7. The van der Waals surface area contributed by atoms with Crippen molar-refractivity contribution in [3.8, 4) is 0 Å². The number of fused-ring (bicyclic) bond motifs is 1. The van der Waals surface area contributed by atoms with Crippen LogP contribution in [0.25, 0.3) is 0 Å². The second kappa shape index (κ2) is 5.64. The molecule has 3 rings (SSSR count). The number of hydrogen-bond acceptors (Lipinski definition) is 4. The van der Waals surface area contributed by atoms with Crippen molar-refractivity contribution < 1.29 is 5.11 Å². The third-order valence-electron chi connectivity index (χ3n) is 5.19. The van der Waals surface area contributed by atoms with Gasteiger partial charge in [0, 0.05) is 25.2 Å². The van der Waals surface area contributed by atoms with Crippen molar-refractivity contribution in [3.05, 3.63) is 59.7 Å². The molecular weight excluding hydrogens is 298 g/mol. The monoisotopic (exact) mass is 323 g/mol. The van der Waals surface area contributed by atoms with Crippen molar-refractivity contribution in [2.75, 3.05) is 24.0 Å². The lowest BCUT2D eigenvalue weighted by molar-refractivity contribution is 0.0585. The molecule has 1 aliphatic heterocycles. The highest BCUT2D eigenvalue weighted by Crippen LogP contribution is 2.48. The molecule has 2 aromatic carbocycles. The fourth-order valence-electron chi connectivity index (χ4n) is 3.34. The van der Waals surface area contributed by atoms with E-state index in [9.17, 15) is 5.11 Å². The van der Waals surface area contributed by atoms with Crippen LogP contribution in [0.4, 0.5) is 11.4 Å². The van der Waals surface area contributed by atoms with Gasteiger partial charge in [0.05, 0.1) is 11.9 Å². The number of anilines is 2. The minimum Gasteiger partial charge on any atom is -0.365 e. The predicted octanol–water partition coefficient (Wildman–Crippen LogP) is 3.53. The summed E-state index contributed by atoms with van der Waals surface area (Å²) in [6.07, 6.45) is 1.65. The maximum Gasteiger partial charge on any atom is 0.185 e. The Hall–Kier alpha value is -2.33. The molecule has 1 aliphatic rings. The van der Waals surface area contributed by atoms with Gasteiger partial charge in [-0.25, -0.2) is 0 Å². The molecule has 0 aromatic heterocycles. The van der Waals surface area contributed by atoms with Crippen LogP contribution in [0.3, 0.4) is 0 Å². The molecule has 24 heavy (non-hydrogen) atoms. The molecule has 4 heteroatoms. The van der Waals surface area contributed by atoms with E-state index in [-0.39, 0.29) is 0 Å². The van der Waals surface area contributed by atoms with E-state index in [0.29, 0.717) is 0 Å². The molecule has 1 atom stereocenters. The summed E-state index contributed by atoms with van der Waals surface area (Å²) in [7, 11) is 3.80. The third-order valence-corrected chi connectivity index (χ3v) is 5.19. The highest BCUT2D eigenvalue weighted by molar-refractivity contribution is 5.83. The highest BCUT2D eigenvalue weighted by atomic mass is 16.3. The summed E-state index contributed by atoms with van der Waals surface area (Å²) >= 11 is 0. The molecule has 0 spiro atoms. The van der Waals surface area contributed by atoms with Gasteiger partial charge in [0.2, 0.25) is 0 Å². The Bertz CT molecular complexity index is 767. The van der Waals surface area contributed by atoms with Crippen LogP contribution < -0.4 is 9.91 Å². The van der Waals surface area contributed by atoms with Crippen LogP contribution >= 0.6 is 0 Å². The van der Waals surface area contributed by atoms with E-state index in [1.807, 2.05) is 63.2 Å². The molecule has 0 amide bonds. The van der Waals surface area contributed by atoms with Crippen LogP contribution in [-0.4, -0.2) is 31.1 Å². The molecule has 0 aliphatic carbocycles. The van der Waals surface area contributed by atoms with E-state index in [0.717, 1.165) is 16.9 Å². The average Bonchev–Trinajstić information content (AvgIpc) is 2.73. The summed E-state index contributed by atoms with van der Waals surface area (Å²) in [5.74, 6) is 0. The van der Waals surface area contributed by atoms with E-state index in [2.05, 4.69) is 30.2 Å². The van der Waals surface area contributed by atoms with Crippen molar-refractivity contribution in [1.82, 2.24) is 0 Å². The molecule has 0 fully saturated rings. The fourth-order valence-corrected chi connectivity index (χ4v) is 3.34. The molecular formula is C20H25N3O. The highest BCUT2D eigenvalue weighted by Gasteiger charge is 2.54. The standard InChI is InChI=1S/C20H25N3O/c1-15-10-12-16(13-11-15)23(5)21-14-20(24)19(2,3)17-8-6-7-9-18(17)22(20)4/h6-14,24H,1-5H3/b21-14+. The number of para-hydroxylation sites is 1. The maximum absolute atomic E-state index is 11.4. The van der Waals surface area contributed by atoms with Gasteiger partial charge in [0.15, 0.2) is 5.72 Å². The van der Waals surface area contributed by atoms with Crippen molar-refractivity contribution >= 4 is 17.6 Å². The normalized spacial score (nSPS) is 22.0. The number of hydrazone groups is 1. The minimum absolute atomic E-state index is 0.462. The first-order chi connectivity index (χ1) is 11.3. The van der Waals surface area contributed by atoms with Gasteiger partial charge < -0.3 is 10.0 Å². The van der Waals surface area contributed by atoms with Crippen molar-refractivity contribution in [2.24, 2.45) is 5.10 Å². The summed E-state index contributed by atoms with van der Waals surface area (Å²) in [6.45, 7) is 6.16. The zero-order chi connectivity index (χ0) is 17.5. The number of aliphatic hydroxyl groups is 1.